The molecule has 19 heavy (non-hydrogen) atoms. The van der Waals surface area contributed by atoms with Gasteiger partial charge >= 0.3 is 0 Å². The van der Waals surface area contributed by atoms with Crippen molar-refractivity contribution >= 4 is 5.78 Å². The molecule has 0 amide bonds. The molecule has 1 heterocycles. The Morgan fingerprint density at radius 2 is 2.05 bits per heavy atom. The van der Waals surface area contributed by atoms with E-state index in [0.717, 1.165) is 5.56 Å². The van der Waals surface area contributed by atoms with Gasteiger partial charge in [0.1, 0.15) is 5.82 Å². The lowest BCUT2D eigenvalue weighted by atomic mass is 10.0. The van der Waals surface area contributed by atoms with Crippen molar-refractivity contribution in [2.45, 2.75) is 19.3 Å². The van der Waals surface area contributed by atoms with E-state index < -0.39 is 0 Å². The maximum Gasteiger partial charge on any atom is 0.163 e. The minimum absolute atomic E-state index is 0.175. The highest BCUT2D eigenvalue weighted by Crippen LogP contribution is 2.33. The Morgan fingerprint density at radius 3 is 2.79 bits per heavy atom. The number of nitrogens with zero attached hydrogens (tertiary/aromatic N) is 1. The number of halogens is 1. The first-order valence-corrected chi connectivity index (χ1v) is 6.46. The smallest absolute Gasteiger partial charge is 0.163 e. The van der Waals surface area contributed by atoms with Crippen LogP contribution in [0.5, 0.6) is 0 Å². The van der Waals surface area contributed by atoms with Gasteiger partial charge in [-0.15, -0.1) is 0 Å². The zero-order valence-electron chi connectivity index (χ0n) is 10.5. The Morgan fingerprint density at radius 1 is 1.21 bits per heavy atom. The number of rotatable bonds is 4. The Bertz CT molecular complexity index is 620. The summed E-state index contributed by atoms with van der Waals surface area (Å²) >= 11 is 0. The van der Waals surface area contributed by atoms with E-state index in [0.29, 0.717) is 23.5 Å². The second-order valence-corrected chi connectivity index (χ2v) is 5.04. The van der Waals surface area contributed by atoms with Crippen LogP contribution in [0.15, 0.2) is 42.7 Å². The first-order chi connectivity index (χ1) is 9.22. The number of carbonyl (C=O) groups is 1. The number of hydrogen-bond acceptors (Lipinski definition) is 2. The minimum Gasteiger partial charge on any atom is -0.294 e. The summed E-state index contributed by atoms with van der Waals surface area (Å²) in [4.78, 5) is 15.9. The monoisotopic (exact) mass is 255 g/mol. The van der Waals surface area contributed by atoms with Crippen LogP contribution in [0, 0.1) is 11.7 Å². The quantitative estimate of drug-likeness (QED) is 0.776. The van der Waals surface area contributed by atoms with E-state index in [1.165, 1.54) is 25.1 Å². The summed E-state index contributed by atoms with van der Waals surface area (Å²) in [5, 5.41) is 0. The molecule has 1 saturated carbocycles. The van der Waals surface area contributed by atoms with Crippen molar-refractivity contribution in [2.75, 3.05) is 0 Å². The summed E-state index contributed by atoms with van der Waals surface area (Å²) < 4.78 is 13.2. The summed E-state index contributed by atoms with van der Waals surface area (Å²) in [6, 6.07) is 8.77. The number of aromatic nitrogens is 1. The Kier molecular flexibility index (Phi) is 3.11. The van der Waals surface area contributed by atoms with Crippen LogP contribution >= 0.6 is 0 Å². The normalized spacial score (nSPS) is 14.4. The molecule has 0 saturated heterocycles. The molecule has 0 atom stereocenters. The van der Waals surface area contributed by atoms with Crippen molar-refractivity contribution in [3.63, 3.8) is 0 Å². The highest BCUT2D eigenvalue weighted by Gasteiger charge is 2.24. The van der Waals surface area contributed by atoms with E-state index >= 15 is 0 Å². The molecule has 0 radical (unpaired) electrons. The molecule has 1 aromatic heterocycles. The molecule has 96 valence electrons. The van der Waals surface area contributed by atoms with Gasteiger partial charge in [-0.1, -0.05) is 18.2 Å². The number of Topliss-reactive ketones (excluding diaryl/α,β-unsaturated/α-hetero) is 1. The largest absolute Gasteiger partial charge is 0.294 e. The first kappa shape index (κ1) is 12.0. The first-order valence-electron chi connectivity index (χ1n) is 6.46. The molecule has 0 aliphatic heterocycles. The molecule has 0 N–H and O–H groups in total. The molecule has 0 bridgehead atoms. The number of benzene rings is 1. The highest BCUT2D eigenvalue weighted by molar-refractivity contribution is 5.97. The summed E-state index contributed by atoms with van der Waals surface area (Å²) in [6.07, 6.45) is 5.74. The minimum atomic E-state index is -0.368. The maximum atomic E-state index is 13.2. The zero-order chi connectivity index (χ0) is 13.2. The van der Waals surface area contributed by atoms with Crippen LogP contribution < -0.4 is 0 Å². The van der Waals surface area contributed by atoms with Crippen molar-refractivity contribution in [1.82, 2.24) is 4.98 Å². The van der Waals surface area contributed by atoms with Gasteiger partial charge in [-0.25, -0.2) is 4.39 Å². The predicted octanol–water partition coefficient (Wildman–Crippen LogP) is 3.87. The fourth-order valence-electron chi connectivity index (χ4n) is 2.14. The average molecular weight is 255 g/mol. The van der Waals surface area contributed by atoms with Crippen LogP contribution in [0.1, 0.15) is 29.6 Å². The zero-order valence-corrected chi connectivity index (χ0v) is 10.5. The highest BCUT2D eigenvalue weighted by atomic mass is 19.1. The standard InChI is InChI=1S/C16H14FNO/c17-15-8-14(9-18-10-15)12-2-1-3-13(7-12)16(19)6-11-4-5-11/h1-3,7-11H,4-6H2. The molecule has 0 spiro atoms. The summed E-state index contributed by atoms with van der Waals surface area (Å²) in [7, 11) is 0. The molecule has 0 unspecified atom stereocenters. The molecule has 2 nitrogen and oxygen atoms in total. The van der Waals surface area contributed by atoms with E-state index in [1.807, 2.05) is 24.3 Å². The summed E-state index contributed by atoms with van der Waals surface area (Å²) in [5.41, 5.74) is 2.23. The van der Waals surface area contributed by atoms with Crippen molar-refractivity contribution < 1.29 is 9.18 Å². The molecule has 1 aliphatic carbocycles. The summed E-state index contributed by atoms with van der Waals surface area (Å²) in [5.74, 6) is 0.382. The fraction of sp³-hybridized carbons (Fsp3) is 0.250. The molecule has 1 aromatic carbocycles. The molecular weight excluding hydrogens is 241 g/mol. The topological polar surface area (TPSA) is 30.0 Å². The average Bonchev–Trinajstić information content (AvgIpc) is 3.23. The SMILES string of the molecule is O=C(CC1CC1)c1cccc(-c2cncc(F)c2)c1. The maximum absolute atomic E-state index is 13.2. The third kappa shape index (κ3) is 2.87. The van der Waals surface area contributed by atoms with E-state index in [-0.39, 0.29) is 11.6 Å². The molecule has 3 rings (SSSR count). The van der Waals surface area contributed by atoms with Crippen LogP contribution in [0.25, 0.3) is 11.1 Å². The molecule has 1 aliphatic rings. The fourth-order valence-corrected chi connectivity index (χ4v) is 2.14. The van der Waals surface area contributed by atoms with Gasteiger partial charge in [-0.2, -0.15) is 0 Å². The second-order valence-electron chi connectivity index (χ2n) is 5.04. The van der Waals surface area contributed by atoms with Gasteiger partial charge in [0.2, 0.25) is 0 Å². The van der Waals surface area contributed by atoms with E-state index in [9.17, 15) is 9.18 Å². The van der Waals surface area contributed by atoms with Crippen molar-refractivity contribution in [2.24, 2.45) is 5.92 Å². The third-order valence-electron chi connectivity index (χ3n) is 3.39. The van der Waals surface area contributed by atoms with Crippen molar-refractivity contribution in [1.29, 1.82) is 0 Å². The lowest BCUT2D eigenvalue weighted by molar-refractivity contribution is 0.0976. The van der Waals surface area contributed by atoms with Crippen LogP contribution in [0.3, 0.4) is 0 Å². The number of ketones is 1. The van der Waals surface area contributed by atoms with Crippen LogP contribution in [0.4, 0.5) is 4.39 Å². The van der Waals surface area contributed by atoms with Crippen LogP contribution in [-0.2, 0) is 0 Å². The number of pyridine rings is 1. The Labute approximate surface area is 111 Å². The predicted molar refractivity (Wildman–Crippen MR) is 71.3 cm³/mol. The van der Waals surface area contributed by atoms with Crippen LogP contribution in [0.2, 0.25) is 0 Å². The Hall–Kier alpha value is -2.03. The second kappa shape index (κ2) is 4.92. The van der Waals surface area contributed by atoms with Crippen LogP contribution in [-0.4, -0.2) is 10.8 Å². The van der Waals surface area contributed by atoms with E-state index in [2.05, 4.69) is 4.98 Å². The van der Waals surface area contributed by atoms with Gasteiger partial charge in [0.15, 0.2) is 5.78 Å². The van der Waals surface area contributed by atoms with Gasteiger partial charge in [-0.3, -0.25) is 9.78 Å². The lowest BCUT2D eigenvalue weighted by Gasteiger charge is -2.04. The summed E-state index contributed by atoms with van der Waals surface area (Å²) in [6.45, 7) is 0. The van der Waals surface area contributed by atoms with Crippen molar-refractivity contribution in [3.8, 4) is 11.1 Å². The number of hydrogen-bond donors (Lipinski definition) is 0. The van der Waals surface area contributed by atoms with Gasteiger partial charge < -0.3 is 0 Å². The molecular formula is C16H14FNO. The molecule has 1 fully saturated rings. The Balaban J connectivity index is 1.88. The van der Waals surface area contributed by atoms with Gasteiger partial charge in [0, 0.05) is 23.7 Å². The van der Waals surface area contributed by atoms with Gasteiger partial charge in [0.25, 0.3) is 0 Å². The lowest BCUT2D eigenvalue weighted by Crippen LogP contribution is -2.00. The van der Waals surface area contributed by atoms with E-state index in [4.69, 9.17) is 0 Å². The number of carbonyl (C=O) groups excluding carboxylic acids is 1. The molecule has 3 heteroatoms. The third-order valence-corrected chi connectivity index (χ3v) is 3.39. The van der Waals surface area contributed by atoms with Crippen molar-refractivity contribution in [3.05, 3.63) is 54.1 Å². The molecule has 2 aromatic rings. The van der Waals surface area contributed by atoms with Gasteiger partial charge in [0.05, 0.1) is 6.20 Å². The van der Waals surface area contributed by atoms with Gasteiger partial charge in [-0.05, 0) is 36.5 Å². The van der Waals surface area contributed by atoms with E-state index in [1.54, 1.807) is 6.20 Å².